The second kappa shape index (κ2) is 41.6. The molecule has 0 radical (unpaired) electrons. The van der Waals surface area contributed by atoms with E-state index in [0.29, 0.717) is 32.1 Å². The Morgan fingerprint density at radius 2 is 1.07 bits per heavy atom. The smallest absolute Gasteiger partial charge is 0.462 e. The molecule has 5 atom stereocenters. The van der Waals surface area contributed by atoms with Gasteiger partial charge in [-0.15, -0.1) is 0 Å². The predicted octanol–water partition coefficient (Wildman–Crippen LogP) is 9.49. The molecular weight excluding hydrogens is 799 g/mol. The van der Waals surface area contributed by atoms with E-state index in [1.807, 2.05) is 48.6 Å². The highest BCUT2D eigenvalue weighted by Crippen LogP contribution is 2.43. The maximum absolute atomic E-state index is 12.6. The van der Waals surface area contributed by atoms with Crippen LogP contribution in [0.2, 0.25) is 0 Å². The van der Waals surface area contributed by atoms with Gasteiger partial charge in [0.2, 0.25) is 0 Å². The Bertz CT molecular complexity index is 1460. The van der Waals surface area contributed by atoms with Crippen LogP contribution in [-0.4, -0.2) is 88.1 Å². The zero-order chi connectivity index (χ0) is 45.1. The van der Waals surface area contributed by atoms with Crippen molar-refractivity contribution in [1.82, 2.24) is 0 Å². The molecule has 0 fully saturated rings. The second-order valence-electron chi connectivity index (χ2n) is 14.0. The van der Waals surface area contributed by atoms with Crippen molar-refractivity contribution < 1.29 is 58.0 Å². The Morgan fingerprint density at radius 3 is 1.59 bits per heavy atom. The second-order valence-corrected chi connectivity index (χ2v) is 15.5. The summed E-state index contributed by atoms with van der Waals surface area (Å²) in [6.07, 6.45) is 46.8. The summed E-state index contributed by atoms with van der Waals surface area (Å²) < 4.78 is 32.4. The van der Waals surface area contributed by atoms with Gasteiger partial charge in [0, 0.05) is 12.8 Å². The molecule has 13 heteroatoms. The van der Waals surface area contributed by atoms with Crippen molar-refractivity contribution in [3.8, 4) is 0 Å². The highest BCUT2D eigenvalue weighted by molar-refractivity contribution is 7.47. The molecule has 0 heterocycles. The summed E-state index contributed by atoms with van der Waals surface area (Å²) in [5.41, 5.74) is 0. The lowest BCUT2D eigenvalue weighted by Gasteiger charge is -2.20. The summed E-state index contributed by atoms with van der Waals surface area (Å²) in [6, 6.07) is 0. The number of esters is 2. The number of unbranched alkanes of at least 4 members (excludes halogenated alkanes) is 2. The van der Waals surface area contributed by atoms with Crippen LogP contribution in [0.25, 0.3) is 0 Å². The minimum absolute atomic E-state index is 0.00148. The average Bonchev–Trinajstić information content (AvgIpc) is 3.24. The maximum Gasteiger partial charge on any atom is 0.472 e. The molecule has 0 rings (SSSR count). The SMILES string of the molecule is CC/C=C\C/C=C\C/C=C\C/C=C\C/C=C\C/C=C\CCC(=O)O[C@H](COC(=O)CCC[C@@H](O)/C=C/C=C\C/C=C\C=C\[C@@H](O)CCCCC)COP(=O)(O)OC[C@@H](O)CO. The number of phosphoric ester groups is 1. The third-order valence-corrected chi connectivity index (χ3v) is 9.27. The summed E-state index contributed by atoms with van der Waals surface area (Å²) in [6.45, 7) is 1.78. The van der Waals surface area contributed by atoms with Gasteiger partial charge in [0.15, 0.2) is 6.10 Å². The first-order valence-corrected chi connectivity index (χ1v) is 23.2. The highest BCUT2D eigenvalue weighted by atomic mass is 31.2. The topological polar surface area (TPSA) is 189 Å². The molecule has 5 N–H and O–H groups in total. The van der Waals surface area contributed by atoms with Crippen molar-refractivity contribution in [3.05, 3.63) is 122 Å². The number of hydrogen-bond donors (Lipinski definition) is 5. The molecule has 0 aromatic heterocycles. The van der Waals surface area contributed by atoms with E-state index in [0.717, 1.165) is 57.8 Å². The molecule has 0 aromatic carbocycles. The van der Waals surface area contributed by atoms with Crippen LogP contribution < -0.4 is 0 Å². The summed E-state index contributed by atoms with van der Waals surface area (Å²) >= 11 is 0. The van der Waals surface area contributed by atoms with E-state index in [4.69, 9.17) is 19.1 Å². The van der Waals surface area contributed by atoms with E-state index in [1.165, 1.54) is 0 Å². The van der Waals surface area contributed by atoms with Crippen LogP contribution >= 0.6 is 7.82 Å². The van der Waals surface area contributed by atoms with Crippen molar-refractivity contribution in [2.24, 2.45) is 0 Å². The normalized spacial score (nSPS) is 16.0. The molecule has 0 aliphatic heterocycles. The van der Waals surface area contributed by atoms with Crippen LogP contribution in [0.1, 0.15) is 117 Å². The monoisotopic (exact) mass is 874 g/mol. The largest absolute Gasteiger partial charge is 0.472 e. The summed E-state index contributed by atoms with van der Waals surface area (Å²) in [5, 5.41) is 38.5. The molecule has 0 saturated carbocycles. The number of carbonyl (C=O) groups is 2. The van der Waals surface area contributed by atoms with Crippen LogP contribution in [-0.2, 0) is 32.7 Å². The molecular formula is C48H75O12P. The first-order chi connectivity index (χ1) is 29.5. The van der Waals surface area contributed by atoms with Crippen molar-refractivity contribution in [2.75, 3.05) is 26.4 Å². The molecule has 61 heavy (non-hydrogen) atoms. The molecule has 0 amide bonds. The number of phosphoric acid groups is 1. The number of aliphatic hydroxyl groups excluding tert-OH is 4. The number of hydrogen-bond acceptors (Lipinski definition) is 11. The van der Waals surface area contributed by atoms with E-state index in [-0.39, 0.29) is 12.8 Å². The number of carbonyl (C=O) groups excluding carboxylic acids is 2. The van der Waals surface area contributed by atoms with Gasteiger partial charge in [0.1, 0.15) is 12.7 Å². The van der Waals surface area contributed by atoms with Gasteiger partial charge in [-0.05, 0) is 70.6 Å². The van der Waals surface area contributed by atoms with Crippen LogP contribution in [0.4, 0.5) is 0 Å². The third-order valence-electron chi connectivity index (χ3n) is 8.32. The molecule has 0 bridgehead atoms. The third kappa shape index (κ3) is 41.4. The fraction of sp³-hybridized carbons (Fsp3) is 0.542. The van der Waals surface area contributed by atoms with Crippen LogP contribution in [0.5, 0.6) is 0 Å². The van der Waals surface area contributed by atoms with E-state index in [9.17, 15) is 34.4 Å². The van der Waals surface area contributed by atoms with Gasteiger partial charge in [-0.3, -0.25) is 18.6 Å². The first kappa shape index (κ1) is 57.3. The van der Waals surface area contributed by atoms with Crippen LogP contribution in [0.3, 0.4) is 0 Å². The zero-order valence-electron chi connectivity index (χ0n) is 36.5. The number of rotatable bonds is 38. The predicted molar refractivity (Wildman–Crippen MR) is 244 cm³/mol. The van der Waals surface area contributed by atoms with Gasteiger partial charge in [-0.25, -0.2) is 4.57 Å². The van der Waals surface area contributed by atoms with Crippen LogP contribution in [0, 0.1) is 0 Å². The molecule has 12 nitrogen and oxygen atoms in total. The standard InChI is InChI=1S/C48H75O12P/c1-3-5-7-8-9-10-11-12-13-14-15-16-17-18-19-20-24-27-31-37-48(54)60-46(42-59-61(55,56)58-40-45(52)39-49)41-57-47(53)38-32-36-44(51)35-30-26-23-21-22-25-29-34-43(50)33-28-6-4-2/h5,7,9-10,12-13,15-16,18-19,22-27,29-30,34-35,43-46,49-52H,3-4,6,8,11,14,17,20-21,28,31-33,36-42H2,1-2H3,(H,55,56)/b7-5-,10-9-,13-12-,16-15-,19-18-,25-22-,26-23-,27-24-,34-29+,35-30+/t43-,44-,45-,46+/m0/s1. The maximum atomic E-state index is 12.6. The molecule has 0 spiro atoms. The summed E-state index contributed by atoms with van der Waals surface area (Å²) in [4.78, 5) is 35.0. The van der Waals surface area contributed by atoms with Crippen molar-refractivity contribution >= 4 is 19.8 Å². The van der Waals surface area contributed by atoms with Gasteiger partial charge >= 0.3 is 19.8 Å². The minimum Gasteiger partial charge on any atom is -0.462 e. The molecule has 0 saturated heterocycles. The first-order valence-electron chi connectivity index (χ1n) is 21.7. The Kier molecular flexibility index (Phi) is 39.1. The van der Waals surface area contributed by atoms with Gasteiger partial charge < -0.3 is 34.8 Å². The lowest BCUT2D eigenvalue weighted by atomic mass is 10.1. The van der Waals surface area contributed by atoms with Gasteiger partial charge in [0.05, 0.1) is 32.0 Å². The molecule has 0 aliphatic rings. The molecule has 344 valence electrons. The average molecular weight is 875 g/mol. The Hall–Kier alpha value is -3.71. The Morgan fingerprint density at radius 1 is 0.574 bits per heavy atom. The lowest BCUT2D eigenvalue weighted by molar-refractivity contribution is -0.161. The van der Waals surface area contributed by atoms with Gasteiger partial charge in [0.25, 0.3) is 0 Å². The number of aliphatic hydroxyl groups is 4. The number of ether oxygens (including phenoxy) is 2. The Balaban J connectivity index is 4.68. The zero-order valence-corrected chi connectivity index (χ0v) is 37.4. The lowest BCUT2D eigenvalue weighted by Crippen LogP contribution is -2.29. The van der Waals surface area contributed by atoms with E-state index in [2.05, 4.69) is 73.1 Å². The Labute approximate surface area is 365 Å². The summed E-state index contributed by atoms with van der Waals surface area (Å²) in [7, 11) is -4.70. The van der Waals surface area contributed by atoms with Gasteiger partial charge in [-0.2, -0.15) is 0 Å². The quantitative estimate of drug-likeness (QED) is 0.0130. The van der Waals surface area contributed by atoms with Crippen molar-refractivity contribution in [1.29, 1.82) is 0 Å². The molecule has 0 aromatic rings. The number of allylic oxidation sites excluding steroid dienone is 18. The van der Waals surface area contributed by atoms with E-state index >= 15 is 0 Å². The van der Waals surface area contributed by atoms with E-state index in [1.54, 1.807) is 18.2 Å². The van der Waals surface area contributed by atoms with E-state index < -0.39 is 70.6 Å². The van der Waals surface area contributed by atoms with Crippen molar-refractivity contribution in [2.45, 2.75) is 141 Å². The molecule has 1 unspecified atom stereocenters. The molecule has 0 aliphatic carbocycles. The fourth-order valence-corrected chi connectivity index (χ4v) is 5.73. The fourth-order valence-electron chi connectivity index (χ4n) is 4.94. The summed E-state index contributed by atoms with van der Waals surface area (Å²) in [5.74, 6) is -1.27. The minimum atomic E-state index is -4.70. The highest BCUT2D eigenvalue weighted by Gasteiger charge is 2.27. The van der Waals surface area contributed by atoms with Crippen molar-refractivity contribution in [3.63, 3.8) is 0 Å². The van der Waals surface area contributed by atoms with Gasteiger partial charge in [-0.1, -0.05) is 155 Å². The van der Waals surface area contributed by atoms with Crippen LogP contribution in [0.15, 0.2) is 122 Å².